The zero-order valence-corrected chi connectivity index (χ0v) is 12.1. The van der Waals surface area contributed by atoms with Crippen molar-refractivity contribution in [1.82, 2.24) is 0 Å². The summed E-state index contributed by atoms with van der Waals surface area (Å²) in [5.74, 6) is -0.254. The van der Waals surface area contributed by atoms with Gasteiger partial charge in [0.05, 0.1) is 0 Å². The van der Waals surface area contributed by atoms with Gasteiger partial charge in [-0.25, -0.2) is 0 Å². The Bertz CT molecular complexity index is 472. The molecular formula is C12H15BrF3N3. The maximum Gasteiger partial charge on any atom is 0.405 e. The largest absolute Gasteiger partial charge is 0.405 e. The van der Waals surface area contributed by atoms with E-state index in [1.165, 1.54) is 11.0 Å². The van der Waals surface area contributed by atoms with Crippen LogP contribution in [0.3, 0.4) is 0 Å². The minimum absolute atomic E-state index is 0.254. The number of benzene rings is 1. The van der Waals surface area contributed by atoms with Crippen LogP contribution in [-0.2, 0) is 0 Å². The summed E-state index contributed by atoms with van der Waals surface area (Å²) in [6.45, 7) is 2.24. The molecule has 0 radical (unpaired) electrons. The molecule has 1 aromatic rings. The van der Waals surface area contributed by atoms with Crippen LogP contribution in [-0.4, -0.2) is 24.6 Å². The summed E-state index contributed by atoms with van der Waals surface area (Å²) in [5, 5.41) is 7.47. The second-order valence-corrected chi connectivity index (χ2v) is 5.33. The second-order valence-electron chi connectivity index (χ2n) is 4.41. The van der Waals surface area contributed by atoms with E-state index in [2.05, 4.69) is 15.9 Å². The van der Waals surface area contributed by atoms with Crippen LogP contribution in [0, 0.1) is 5.41 Å². The predicted octanol–water partition coefficient (Wildman–Crippen LogP) is 3.51. The van der Waals surface area contributed by atoms with E-state index in [4.69, 9.17) is 11.1 Å². The first-order chi connectivity index (χ1) is 8.61. The summed E-state index contributed by atoms with van der Waals surface area (Å²) in [5.41, 5.74) is 6.02. The lowest BCUT2D eigenvalue weighted by atomic mass is 10.1. The van der Waals surface area contributed by atoms with E-state index in [1.54, 1.807) is 26.0 Å². The molecule has 0 aliphatic carbocycles. The van der Waals surface area contributed by atoms with Gasteiger partial charge in [0.1, 0.15) is 12.4 Å². The number of halogens is 4. The molecular weight excluding hydrogens is 323 g/mol. The lowest BCUT2D eigenvalue weighted by Gasteiger charge is -2.31. The molecule has 106 valence electrons. The first kappa shape index (κ1) is 15.8. The highest BCUT2D eigenvalue weighted by Crippen LogP contribution is 2.29. The van der Waals surface area contributed by atoms with E-state index in [9.17, 15) is 13.2 Å². The van der Waals surface area contributed by atoms with Crippen LogP contribution < -0.4 is 10.6 Å². The number of alkyl halides is 3. The number of nitrogens with two attached hydrogens (primary N) is 1. The summed E-state index contributed by atoms with van der Waals surface area (Å²) in [6, 6.07) is 4.36. The highest BCUT2D eigenvalue weighted by Gasteiger charge is 2.33. The van der Waals surface area contributed by atoms with Crippen LogP contribution in [0.25, 0.3) is 0 Å². The molecule has 0 bridgehead atoms. The third kappa shape index (κ3) is 4.41. The molecule has 0 amide bonds. The van der Waals surface area contributed by atoms with E-state index in [0.29, 0.717) is 15.7 Å². The van der Waals surface area contributed by atoms with Gasteiger partial charge in [0.2, 0.25) is 0 Å². The normalized spacial score (nSPS) is 11.7. The van der Waals surface area contributed by atoms with Crippen molar-refractivity contribution in [1.29, 1.82) is 5.41 Å². The monoisotopic (exact) mass is 337 g/mol. The first-order valence-electron chi connectivity index (χ1n) is 5.59. The summed E-state index contributed by atoms with van der Waals surface area (Å²) < 4.78 is 38.6. The Hall–Kier alpha value is -1.24. The lowest BCUT2D eigenvalue weighted by Crippen LogP contribution is -2.40. The molecule has 0 aliphatic heterocycles. The predicted molar refractivity (Wildman–Crippen MR) is 73.7 cm³/mol. The van der Waals surface area contributed by atoms with Gasteiger partial charge in [-0.3, -0.25) is 5.41 Å². The average molecular weight is 338 g/mol. The summed E-state index contributed by atoms with van der Waals surface area (Å²) >= 11 is 3.22. The van der Waals surface area contributed by atoms with Crippen molar-refractivity contribution >= 4 is 27.5 Å². The maximum atomic E-state index is 12.6. The lowest BCUT2D eigenvalue weighted by molar-refractivity contribution is -0.120. The zero-order valence-electron chi connectivity index (χ0n) is 10.6. The molecule has 1 aromatic carbocycles. The van der Waals surface area contributed by atoms with Crippen LogP contribution in [0.4, 0.5) is 18.9 Å². The fourth-order valence-corrected chi connectivity index (χ4v) is 2.06. The van der Waals surface area contributed by atoms with Crippen LogP contribution in [0.1, 0.15) is 19.4 Å². The molecule has 19 heavy (non-hydrogen) atoms. The molecule has 0 fully saturated rings. The molecule has 7 heteroatoms. The molecule has 1 rings (SSSR count). The third-order valence-electron chi connectivity index (χ3n) is 2.53. The molecule has 0 saturated heterocycles. The Labute approximate surface area is 118 Å². The SMILES string of the molecule is CC(C)N(CC(F)(F)F)c1cc(Br)ccc1C(=N)N. The number of nitrogens with one attached hydrogen (secondary N) is 1. The topological polar surface area (TPSA) is 53.1 Å². The number of nitrogen functional groups attached to an aromatic ring is 1. The van der Waals surface area contributed by atoms with Gasteiger partial charge in [0.25, 0.3) is 0 Å². The highest BCUT2D eigenvalue weighted by atomic mass is 79.9. The van der Waals surface area contributed by atoms with Gasteiger partial charge in [-0.15, -0.1) is 0 Å². The Balaban J connectivity index is 3.29. The van der Waals surface area contributed by atoms with Gasteiger partial charge < -0.3 is 10.6 Å². The maximum absolute atomic E-state index is 12.6. The number of nitrogens with zero attached hydrogens (tertiary/aromatic N) is 1. The second kappa shape index (κ2) is 5.81. The Kier molecular flexibility index (Phi) is 4.84. The summed E-state index contributed by atoms with van der Waals surface area (Å²) in [6.07, 6.45) is -4.32. The standard InChI is InChI=1S/C12H15BrF3N3/c1-7(2)19(6-12(14,15)16)10-5-8(13)3-4-9(10)11(17)18/h3-5,7H,6H2,1-2H3,(H3,17,18). The molecule has 0 aromatic heterocycles. The van der Waals surface area contributed by atoms with Crippen molar-refractivity contribution < 1.29 is 13.2 Å². The van der Waals surface area contributed by atoms with Gasteiger partial charge in [-0.1, -0.05) is 15.9 Å². The van der Waals surface area contributed by atoms with Gasteiger partial charge in [-0.2, -0.15) is 13.2 Å². The number of amidine groups is 1. The quantitative estimate of drug-likeness (QED) is 0.652. The zero-order chi connectivity index (χ0) is 14.8. The fourth-order valence-electron chi connectivity index (χ4n) is 1.71. The van der Waals surface area contributed by atoms with Gasteiger partial charge in [0, 0.05) is 21.8 Å². The average Bonchev–Trinajstić information content (AvgIpc) is 2.23. The molecule has 3 N–H and O–H groups in total. The number of anilines is 1. The molecule has 0 aliphatic rings. The van der Waals surface area contributed by atoms with Crippen molar-refractivity contribution in [2.24, 2.45) is 5.73 Å². The van der Waals surface area contributed by atoms with E-state index in [0.717, 1.165) is 0 Å². The van der Waals surface area contributed by atoms with Gasteiger partial charge in [-0.05, 0) is 32.0 Å². The molecule has 3 nitrogen and oxygen atoms in total. The minimum atomic E-state index is -4.32. The van der Waals surface area contributed by atoms with Crippen molar-refractivity contribution in [2.75, 3.05) is 11.4 Å². The van der Waals surface area contributed by atoms with E-state index in [1.807, 2.05) is 0 Å². The van der Waals surface area contributed by atoms with Crippen LogP contribution >= 0.6 is 15.9 Å². The molecule has 0 unspecified atom stereocenters. The van der Waals surface area contributed by atoms with E-state index < -0.39 is 12.7 Å². The number of hydrogen-bond acceptors (Lipinski definition) is 2. The van der Waals surface area contributed by atoms with Gasteiger partial charge >= 0.3 is 6.18 Å². The van der Waals surface area contributed by atoms with Gasteiger partial charge in [0.15, 0.2) is 0 Å². The van der Waals surface area contributed by atoms with Crippen LogP contribution in [0.5, 0.6) is 0 Å². The minimum Gasteiger partial charge on any atom is -0.384 e. The van der Waals surface area contributed by atoms with E-state index in [-0.39, 0.29) is 11.9 Å². The molecule has 0 spiro atoms. The van der Waals surface area contributed by atoms with E-state index >= 15 is 0 Å². The first-order valence-corrected chi connectivity index (χ1v) is 6.38. The van der Waals surface area contributed by atoms with Crippen molar-refractivity contribution in [3.05, 3.63) is 28.2 Å². The number of hydrogen-bond donors (Lipinski definition) is 2. The third-order valence-corrected chi connectivity index (χ3v) is 3.03. The summed E-state index contributed by atoms with van der Waals surface area (Å²) in [4.78, 5) is 1.18. The Morgan fingerprint density at radius 2 is 2.00 bits per heavy atom. The highest BCUT2D eigenvalue weighted by molar-refractivity contribution is 9.10. The smallest absolute Gasteiger partial charge is 0.384 e. The fraction of sp³-hybridized carbons (Fsp3) is 0.417. The van der Waals surface area contributed by atoms with Crippen LogP contribution in [0.2, 0.25) is 0 Å². The molecule has 0 saturated carbocycles. The van der Waals surface area contributed by atoms with Crippen molar-refractivity contribution in [2.45, 2.75) is 26.1 Å². The Morgan fingerprint density at radius 1 is 1.42 bits per heavy atom. The van der Waals surface area contributed by atoms with Crippen molar-refractivity contribution in [3.8, 4) is 0 Å². The van der Waals surface area contributed by atoms with Crippen molar-refractivity contribution in [3.63, 3.8) is 0 Å². The Morgan fingerprint density at radius 3 is 2.42 bits per heavy atom. The summed E-state index contributed by atoms with van der Waals surface area (Å²) in [7, 11) is 0. The van der Waals surface area contributed by atoms with Crippen LogP contribution in [0.15, 0.2) is 22.7 Å². The molecule has 0 heterocycles. The number of rotatable bonds is 4. The molecule has 0 atom stereocenters.